The minimum absolute atomic E-state index is 0.126. The summed E-state index contributed by atoms with van der Waals surface area (Å²) < 4.78 is 0. The van der Waals surface area contributed by atoms with E-state index in [0.717, 1.165) is 12.1 Å². The summed E-state index contributed by atoms with van der Waals surface area (Å²) in [6, 6.07) is 3.00. The molecule has 0 aliphatic rings. The number of likely N-dealkylation sites (N-methyl/N-ethyl adjacent to an activating group) is 1. The van der Waals surface area contributed by atoms with Crippen LogP contribution in [0.2, 0.25) is 0 Å². The van der Waals surface area contributed by atoms with E-state index >= 15 is 0 Å². The fourth-order valence-corrected chi connectivity index (χ4v) is 1.34. The Labute approximate surface area is 103 Å². The number of nitro groups is 1. The lowest BCUT2D eigenvalue weighted by atomic mass is 10.1. The van der Waals surface area contributed by atoms with Gasteiger partial charge >= 0.3 is 5.69 Å². The normalized spacial score (nSPS) is 11.9. The molecule has 0 aliphatic heterocycles. The van der Waals surface area contributed by atoms with Gasteiger partial charge in [0.25, 0.3) is 5.91 Å². The quantitative estimate of drug-likeness (QED) is 0.609. The van der Waals surface area contributed by atoms with Crippen LogP contribution in [0.5, 0.6) is 5.75 Å². The molecule has 1 amide bonds. The molecular formula is C11H14N2O5. The first-order valence-corrected chi connectivity index (χ1v) is 5.24. The maximum atomic E-state index is 11.9. The molecule has 7 heteroatoms. The zero-order chi connectivity index (χ0) is 13.9. The van der Waals surface area contributed by atoms with Crippen LogP contribution in [0.4, 0.5) is 5.69 Å². The fourth-order valence-electron chi connectivity index (χ4n) is 1.34. The van der Waals surface area contributed by atoms with Gasteiger partial charge in [-0.05, 0) is 19.1 Å². The third kappa shape index (κ3) is 2.75. The van der Waals surface area contributed by atoms with E-state index < -0.39 is 22.3 Å². The molecule has 98 valence electrons. The Morgan fingerprint density at radius 1 is 1.56 bits per heavy atom. The van der Waals surface area contributed by atoms with Gasteiger partial charge in [-0.25, -0.2) is 0 Å². The van der Waals surface area contributed by atoms with Crippen LogP contribution < -0.4 is 0 Å². The maximum absolute atomic E-state index is 11.9. The number of nitrogens with zero attached hydrogens (tertiary/aromatic N) is 2. The average molecular weight is 254 g/mol. The molecule has 1 unspecified atom stereocenters. The van der Waals surface area contributed by atoms with Crippen molar-refractivity contribution in [2.45, 2.75) is 13.0 Å². The van der Waals surface area contributed by atoms with Crippen molar-refractivity contribution < 1.29 is 19.9 Å². The summed E-state index contributed by atoms with van der Waals surface area (Å²) in [5.41, 5.74) is -0.328. The molecule has 0 heterocycles. The first-order chi connectivity index (χ1) is 8.38. The Morgan fingerprint density at radius 3 is 2.61 bits per heavy atom. The Kier molecular flexibility index (Phi) is 4.22. The van der Waals surface area contributed by atoms with Crippen LogP contribution in [0.1, 0.15) is 17.3 Å². The number of hydrogen-bond acceptors (Lipinski definition) is 5. The number of carbonyl (C=O) groups is 1. The van der Waals surface area contributed by atoms with E-state index in [4.69, 9.17) is 5.11 Å². The number of aliphatic hydroxyl groups excluding tert-OH is 1. The van der Waals surface area contributed by atoms with Gasteiger partial charge in [0, 0.05) is 18.7 Å². The zero-order valence-corrected chi connectivity index (χ0v) is 10.0. The van der Waals surface area contributed by atoms with E-state index in [1.165, 1.54) is 18.0 Å². The molecule has 0 saturated carbocycles. The summed E-state index contributed by atoms with van der Waals surface area (Å²) in [6.45, 7) is 1.46. The summed E-state index contributed by atoms with van der Waals surface area (Å²) in [7, 11) is 1.50. The monoisotopic (exact) mass is 254 g/mol. The van der Waals surface area contributed by atoms with Crippen LogP contribution in [-0.2, 0) is 0 Å². The molecule has 1 aromatic rings. The van der Waals surface area contributed by atoms with Crippen LogP contribution in [0.3, 0.4) is 0 Å². The molecule has 2 N–H and O–H groups in total. The number of phenols is 1. The minimum atomic E-state index is -0.732. The highest BCUT2D eigenvalue weighted by Gasteiger charge is 2.20. The van der Waals surface area contributed by atoms with Crippen LogP contribution in [-0.4, -0.2) is 45.6 Å². The Balaban J connectivity index is 3.01. The first-order valence-electron chi connectivity index (χ1n) is 5.24. The molecule has 0 bridgehead atoms. The number of phenolic OH excluding ortho intramolecular Hbond substituents is 1. The van der Waals surface area contributed by atoms with Gasteiger partial charge in [-0.15, -0.1) is 0 Å². The van der Waals surface area contributed by atoms with Gasteiger partial charge in [-0.1, -0.05) is 0 Å². The first kappa shape index (κ1) is 13.9. The van der Waals surface area contributed by atoms with Crippen molar-refractivity contribution in [3.8, 4) is 5.75 Å². The summed E-state index contributed by atoms with van der Waals surface area (Å²) in [4.78, 5) is 23.0. The van der Waals surface area contributed by atoms with Crippen molar-refractivity contribution in [1.82, 2.24) is 4.90 Å². The summed E-state index contributed by atoms with van der Waals surface area (Å²) in [5.74, 6) is -0.988. The molecule has 0 fully saturated rings. The van der Waals surface area contributed by atoms with Crippen molar-refractivity contribution in [2.75, 3.05) is 13.7 Å². The second kappa shape index (κ2) is 5.46. The van der Waals surface area contributed by atoms with Gasteiger partial charge < -0.3 is 15.1 Å². The Bertz CT molecular complexity index is 475. The minimum Gasteiger partial charge on any atom is -0.502 e. The number of benzene rings is 1. The highest BCUT2D eigenvalue weighted by molar-refractivity contribution is 5.95. The molecule has 1 atom stereocenters. The van der Waals surface area contributed by atoms with Gasteiger partial charge in [0.05, 0.1) is 17.6 Å². The Morgan fingerprint density at radius 2 is 2.17 bits per heavy atom. The standard InChI is InChI=1S/C11H14N2O5/c1-7(6-14)12(2)11(16)8-3-4-9(13(17)18)10(15)5-8/h3-5,7,14-15H,6H2,1-2H3. The largest absolute Gasteiger partial charge is 0.502 e. The van der Waals surface area contributed by atoms with E-state index in [0.29, 0.717) is 0 Å². The topological polar surface area (TPSA) is 104 Å². The number of hydrogen-bond donors (Lipinski definition) is 2. The van der Waals surface area contributed by atoms with E-state index in [9.17, 15) is 20.0 Å². The lowest BCUT2D eigenvalue weighted by Crippen LogP contribution is -2.37. The van der Waals surface area contributed by atoms with Crippen molar-refractivity contribution >= 4 is 11.6 Å². The maximum Gasteiger partial charge on any atom is 0.310 e. The summed E-state index contributed by atoms with van der Waals surface area (Å²) >= 11 is 0. The van der Waals surface area contributed by atoms with Gasteiger partial charge in [0.1, 0.15) is 0 Å². The highest BCUT2D eigenvalue weighted by atomic mass is 16.6. The number of rotatable bonds is 4. The van der Waals surface area contributed by atoms with E-state index in [-0.39, 0.29) is 18.2 Å². The summed E-state index contributed by atoms with van der Waals surface area (Å²) in [6.07, 6.45) is 0. The predicted molar refractivity (Wildman–Crippen MR) is 63.4 cm³/mol. The molecule has 0 aliphatic carbocycles. The molecule has 0 saturated heterocycles. The van der Waals surface area contributed by atoms with E-state index in [1.54, 1.807) is 6.92 Å². The van der Waals surface area contributed by atoms with Crippen molar-refractivity contribution in [3.05, 3.63) is 33.9 Å². The average Bonchev–Trinajstić information content (AvgIpc) is 2.35. The molecule has 18 heavy (non-hydrogen) atoms. The number of nitro benzene ring substituents is 1. The van der Waals surface area contributed by atoms with Crippen LogP contribution in [0.15, 0.2) is 18.2 Å². The number of aromatic hydroxyl groups is 1. The summed E-state index contributed by atoms with van der Waals surface area (Å²) in [5, 5.41) is 28.9. The number of amides is 1. The predicted octanol–water partition coefficient (Wildman–Crippen LogP) is 0.753. The van der Waals surface area contributed by atoms with Crippen LogP contribution >= 0.6 is 0 Å². The number of aliphatic hydroxyl groups is 1. The highest BCUT2D eigenvalue weighted by Crippen LogP contribution is 2.26. The molecule has 1 aromatic carbocycles. The van der Waals surface area contributed by atoms with Gasteiger partial charge in [0.2, 0.25) is 0 Å². The lowest BCUT2D eigenvalue weighted by Gasteiger charge is -2.23. The molecular weight excluding hydrogens is 240 g/mol. The molecule has 1 rings (SSSR count). The zero-order valence-electron chi connectivity index (χ0n) is 10.0. The third-order valence-electron chi connectivity index (χ3n) is 2.66. The molecule has 0 spiro atoms. The van der Waals surface area contributed by atoms with Crippen LogP contribution in [0.25, 0.3) is 0 Å². The van der Waals surface area contributed by atoms with Gasteiger partial charge in [-0.3, -0.25) is 14.9 Å². The second-order valence-electron chi connectivity index (χ2n) is 3.91. The van der Waals surface area contributed by atoms with Gasteiger partial charge in [0.15, 0.2) is 5.75 Å². The van der Waals surface area contributed by atoms with Crippen molar-refractivity contribution in [1.29, 1.82) is 0 Å². The molecule has 0 radical (unpaired) electrons. The molecule has 0 aromatic heterocycles. The third-order valence-corrected chi connectivity index (χ3v) is 2.66. The van der Waals surface area contributed by atoms with E-state index in [2.05, 4.69) is 0 Å². The van der Waals surface area contributed by atoms with Gasteiger partial charge in [-0.2, -0.15) is 0 Å². The fraction of sp³-hybridized carbons (Fsp3) is 0.364. The van der Waals surface area contributed by atoms with Crippen molar-refractivity contribution in [3.63, 3.8) is 0 Å². The Hall–Kier alpha value is -2.15. The second-order valence-corrected chi connectivity index (χ2v) is 3.91. The molecule has 7 nitrogen and oxygen atoms in total. The smallest absolute Gasteiger partial charge is 0.310 e. The van der Waals surface area contributed by atoms with Crippen LogP contribution in [0, 0.1) is 10.1 Å². The van der Waals surface area contributed by atoms with Crippen molar-refractivity contribution in [2.24, 2.45) is 0 Å². The van der Waals surface area contributed by atoms with E-state index in [1.807, 2.05) is 0 Å². The lowest BCUT2D eigenvalue weighted by molar-refractivity contribution is -0.385. The SMILES string of the molecule is CC(CO)N(C)C(=O)c1ccc([N+](=O)[O-])c(O)c1. The number of carbonyl (C=O) groups excluding carboxylic acids is 1.